The molecule has 244 valence electrons. The Morgan fingerprint density at radius 2 is 1.42 bits per heavy atom. The first-order valence-electron chi connectivity index (χ1n) is 14.5. The number of pyridine rings is 1. The van der Waals surface area contributed by atoms with E-state index in [0.29, 0.717) is 62.7 Å². The molecule has 45 heavy (non-hydrogen) atoms. The molecule has 1 aromatic heterocycles. The van der Waals surface area contributed by atoms with Crippen molar-refractivity contribution in [1.29, 1.82) is 0 Å². The monoisotopic (exact) mass is 639 g/mol. The van der Waals surface area contributed by atoms with Crippen molar-refractivity contribution in [3.8, 4) is 11.1 Å². The van der Waals surface area contributed by atoms with E-state index < -0.39 is 23.5 Å². The normalized spacial score (nSPS) is 16.9. The Morgan fingerprint density at radius 1 is 0.844 bits per heavy atom. The minimum Gasteiger partial charge on any atom is -0.463 e. The molecule has 1 aliphatic rings. The largest absolute Gasteiger partial charge is 0.463 e. The molecule has 1 atom stereocenters. The van der Waals surface area contributed by atoms with Crippen molar-refractivity contribution in [2.75, 3.05) is 39.5 Å². The molecule has 0 spiro atoms. The molecule has 0 bridgehead atoms. The predicted octanol–water partition coefficient (Wildman–Crippen LogP) is 5.72. The van der Waals surface area contributed by atoms with Crippen LogP contribution in [0.25, 0.3) is 11.1 Å². The van der Waals surface area contributed by atoms with Gasteiger partial charge in [0.1, 0.15) is 6.61 Å². The summed E-state index contributed by atoms with van der Waals surface area (Å²) < 4.78 is 90.0. The van der Waals surface area contributed by atoms with Gasteiger partial charge in [-0.3, -0.25) is 19.6 Å². The summed E-state index contributed by atoms with van der Waals surface area (Å²) in [4.78, 5) is 21.2. The summed E-state index contributed by atoms with van der Waals surface area (Å²) in [5.41, 5.74) is -3.30. The number of alkyl halides is 6. The average Bonchev–Trinajstić information content (AvgIpc) is 3.00. The van der Waals surface area contributed by atoms with Gasteiger partial charge >= 0.3 is 18.3 Å². The van der Waals surface area contributed by atoms with Gasteiger partial charge in [-0.2, -0.15) is 26.3 Å². The molecule has 3 aromatic rings. The molecule has 0 unspecified atom stereocenters. The van der Waals surface area contributed by atoms with E-state index in [9.17, 15) is 36.2 Å². The fraction of sp³-hybridized carbons (Fsp3) is 0.438. The van der Waals surface area contributed by atoms with Gasteiger partial charge in [-0.15, -0.1) is 0 Å². The van der Waals surface area contributed by atoms with E-state index in [4.69, 9.17) is 9.47 Å². The molecule has 13 heteroatoms. The van der Waals surface area contributed by atoms with E-state index in [-0.39, 0.29) is 25.0 Å². The minimum absolute atomic E-state index is 0.131. The van der Waals surface area contributed by atoms with Gasteiger partial charge in [0.15, 0.2) is 0 Å². The van der Waals surface area contributed by atoms with E-state index in [1.54, 1.807) is 24.5 Å². The zero-order chi connectivity index (χ0) is 32.7. The van der Waals surface area contributed by atoms with Crippen LogP contribution in [0.15, 0.2) is 73.1 Å². The number of hydrogen-bond donors (Lipinski definition) is 1. The smallest absolute Gasteiger partial charge is 0.430 e. The van der Waals surface area contributed by atoms with Crippen LogP contribution in [-0.4, -0.2) is 83.7 Å². The van der Waals surface area contributed by atoms with E-state index in [0.717, 1.165) is 29.8 Å². The molecule has 2 aromatic carbocycles. The Kier molecular flexibility index (Phi) is 11.2. The van der Waals surface area contributed by atoms with Gasteiger partial charge in [0.05, 0.1) is 13.0 Å². The lowest BCUT2D eigenvalue weighted by atomic mass is 9.90. The number of esters is 1. The summed E-state index contributed by atoms with van der Waals surface area (Å²) in [5, 5.41) is 9.65. The van der Waals surface area contributed by atoms with E-state index in [1.807, 2.05) is 31.2 Å². The third kappa shape index (κ3) is 8.60. The van der Waals surface area contributed by atoms with Crippen molar-refractivity contribution in [2.45, 2.75) is 50.4 Å². The van der Waals surface area contributed by atoms with Gasteiger partial charge < -0.3 is 14.6 Å². The second-order valence-corrected chi connectivity index (χ2v) is 10.8. The number of carbonyl (C=O) groups is 1. The van der Waals surface area contributed by atoms with Crippen molar-refractivity contribution in [2.24, 2.45) is 0 Å². The zero-order valence-corrected chi connectivity index (χ0v) is 24.7. The minimum atomic E-state index is -5.95. The Balaban J connectivity index is 1.45. The van der Waals surface area contributed by atoms with Crippen LogP contribution in [0, 0.1) is 0 Å². The summed E-state index contributed by atoms with van der Waals surface area (Å²) >= 11 is 0. The molecule has 1 aliphatic heterocycles. The maximum absolute atomic E-state index is 13.2. The SMILES string of the molecule is CCOCCOC(=O)C[C@@H]1CN(Cc2ccncc2)CCN1Cc1ccc(-c2ccc(C(O)(C(F)(F)F)C(F)(F)F)cc2)cc1. The topological polar surface area (TPSA) is 75.1 Å². The van der Waals surface area contributed by atoms with Crippen LogP contribution in [-0.2, 0) is 33.0 Å². The van der Waals surface area contributed by atoms with Gasteiger partial charge in [0.2, 0.25) is 0 Å². The predicted molar refractivity (Wildman–Crippen MR) is 154 cm³/mol. The highest BCUT2D eigenvalue weighted by molar-refractivity contribution is 5.70. The number of aromatic nitrogens is 1. The molecule has 0 saturated carbocycles. The van der Waals surface area contributed by atoms with Crippen LogP contribution in [0.2, 0.25) is 0 Å². The number of rotatable bonds is 12. The zero-order valence-electron chi connectivity index (χ0n) is 24.7. The fourth-order valence-electron chi connectivity index (χ4n) is 5.29. The van der Waals surface area contributed by atoms with Gasteiger partial charge in [0.25, 0.3) is 5.60 Å². The molecule has 4 rings (SSSR count). The van der Waals surface area contributed by atoms with Crippen LogP contribution in [0.5, 0.6) is 0 Å². The highest BCUT2D eigenvalue weighted by Gasteiger charge is 2.71. The van der Waals surface area contributed by atoms with Crippen molar-refractivity contribution < 1.29 is 45.7 Å². The molecular formula is C32H35F6N3O4. The van der Waals surface area contributed by atoms with Crippen LogP contribution in [0.1, 0.15) is 30.0 Å². The lowest BCUT2D eigenvalue weighted by Gasteiger charge is -2.41. The lowest BCUT2D eigenvalue weighted by Crippen LogP contribution is -2.53. The molecule has 1 N–H and O–H groups in total. The molecule has 1 saturated heterocycles. The van der Waals surface area contributed by atoms with Crippen molar-refractivity contribution in [1.82, 2.24) is 14.8 Å². The summed E-state index contributed by atoms with van der Waals surface area (Å²) in [6, 6.07) is 14.4. The van der Waals surface area contributed by atoms with E-state index in [1.165, 1.54) is 0 Å². The number of ether oxygens (including phenoxy) is 2. The third-order valence-electron chi connectivity index (χ3n) is 7.74. The highest BCUT2D eigenvalue weighted by atomic mass is 19.4. The Hall–Kier alpha value is -3.52. The number of piperazine rings is 1. The van der Waals surface area contributed by atoms with Crippen LogP contribution in [0.4, 0.5) is 26.3 Å². The van der Waals surface area contributed by atoms with Crippen LogP contribution < -0.4 is 0 Å². The maximum Gasteiger partial charge on any atom is 0.430 e. The average molecular weight is 640 g/mol. The maximum atomic E-state index is 13.2. The highest BCUT2D eigenvalue weighted by Crippen LogP contribution is 2.50. The summed E-state index contributed by atoms with van der Waals surface area (Å²) in [7, 11) is 0. The number of carbonyl (C=O) groups excluding carboxylic acids is 1. The standard InChI is InChI=1S/C32H35F6N3O4/c1-2-44-17-18-45-29(42)19-28-22-40(20-24-11-13-39-14-12-24)15-16-41(28)21-23-3-5-25(6-4-23)26-7-9-27(10-8-26)30(43,31(33,34)35)32(36,37)38/h3-14,28,43H,2,15-22H2,1H3/t28-/m1/s1. The van der Waals surface area contributed by atoms with Crippen LogP contribution >= 0.6 is 0 Å². The molecule has 0 radical (unpaired) electrons. The molecule has 0 amide bonds. The first kappa shape index (κ1) is 34.4. The Bertz CT molecular complexity index is 1350. The molecule has 2 heterocycles. The van der Waals surface area contributed by atoms with Gasteiger partial charge in [-0.25, -0.2) is 0 Å². The lowest BCUT2D eigenvalue weighted by molar-refractivity contribution is -0.376. The van der Waals surface area contributed by atoms with E-state index >= 15 is 0 Å². The van der Waals surface area contributed by atoms with Crippen LogP contribution in [0.3, 0.4) is 0 Å². The fourth-order valence-corrected chi connectivity index (χ4v) is 5.29. The second-order valence-electron chi connectivity index (χ2n) is 10.8. The van der Waals surface area contributed by atoms with Crippen molar-refractivity contribution in [3.63, 3.8) is 0 Å². The first-order valence-corrected chi connectivity index (χ1v) is 14.5. The molecular weight excluding hydrogens is 604 g/mol. The van der Waals surface area contributed by atoms with Gasteiger partial charge in [-0.1, -0.05) is 48.5 Å². The Morgan fingerprint density at radius 3 is 2.00 bits per heavy atom. The quantitative estimate of drug-likeness (QED) is 0.155. The number of hydrogen-bond acceptors (Lipinski definition) is 7. The van der Waals surface area contributed by atoms with Gasteiger partial charge in [-0.05, 0) is 41.3 Å². The number of halogens is 6. The molecule has 0 aliphatic carbocycles. The molecule has 7 nitrogen and oxygen atoms in total. The second kappa shape index (κ2) is 14.7. The van der Waals surface area contributed by atoms with Crippen molar-refractivity contribution >= 4 is 5.97 Å². The third-order valence-corrected chi connectivity index (χ3v) is 7.74. The number of nitrogens with zero attached hydrogens (tertiary/aromatic N) is 3. The first-order chi connectivity index (χ1) is 21.3. The number of benzene rings is 2. The molecule has 1 fully saturated rings. The summed E-state index contributed by atoms with van der Waals surface area (Å²) in [6.45, 7) is 6.21. The summed E-state index contributed by atoms with van der Waals surface area (Å²) in [6.07, 6.45) is -8.23. The van der Waals surface area contributed by atoms with Gasteiger partial charge in [0, 0.05) is 63.3 Å². The van der Waals surface area contributed by atoms with E-state index in [2.05, 4.69) is 14.8 Å². The number of aliphatic hydroxyl groups is 1. The van der Waals surface area contributed by atoms with Crippen molar-refractivity contribution in [3.05, 3.63) is 89.7 Å². The Labute approximate surface area is 257 Å². The summed E-state index contributed by atoms with van der Waals surface area (Å²) in [5.74, 6) is -0.322.